The molecule has 2 aromatic heterocycles. The lowest BCUT2D eigenvalue weighted by atomic mass is 10.1. The van der Waals surface area contributed by atoms with Gasteiger partial charge in [-0.1, -0.05) is 35.6 Å². The van der Waals surface area contributed by atoms with Gasteiger partial charge >= 0.3 is 0 Å². The fourth-order valence-corrected chi connectivity index (χ4v) is 4.82. The molecule has 0 aliphatic heterocycles. The summed E-state index contributed by atoms with van der Waals surface area (Å²) >= 11 is 2.96. The number of carbonyl (C=O) groups is 1. The third-order valence-corrected chi connectivity index (χ3v) is 6.18. The molecule has 138 valence electrons. The summed E-state index contributed by atoms with van der Waals surface area (Å²) in [5.41, 5.74) is 3.83. The maximum Gasteiger partial charge on any atom is 0.261 e. The second kappa shape index (κ2) is 6.83. The number of anilines is 1. The van der Waals surface area contributed by atoms with Crippen LogP contribution in [0.4, 0.5) is 5.13 Å². The van der Waals surface area contributed by atoms with E-state index in [-0.39, 0.29) is 5.91 Å². The average Bonchev–Trinajstić information content (AvgIpc) is 3.33. The van der Waals surface area contributed by atoms with Crippen LogP contribution in [0.1, 0.15) is 10.4 Å². The number of carbonyl (C=O) groups excluding carboxylic acids is 1. The number of fused-ring (bicyclic) bond motifs is 4. The molecule has 5 rings (SSSR count). The fraction of sp³-hybridized carbons (Fsp3) is 0.0500. The molecule has 8 heteroatoms. The van der Waals surface area contributed by atoms with Crippen molar-refractivity contribution in [2.24, 2.45) is 0 Å². The van der Waals surface area contributed by atoms with E-state index in [0.717, 1.165) is 31.2 Å². The number of nitrogens with zero attached hydrogens (tertiary/aromatic N) is 2. The van der Waals surface area contributed by atoms with Gasteiger partial charge in [-0.2, -0.15) is 0 Å². The smallest absolute Gasteiger partial charge is 0.261 e. The number of aliphatic hydroxyl groups excluding tert-OH is 1. The molecule has 6 nitrogen and oxygen atoms in total. The Kier molecular flexibility index (Phi) is 4.16. The third-order valence-electron chi connectivity index (χ3n) is 4.39. The van der Waals surface area contributed by atoms with Crippen LogP contribution in [0.3, 0.4) is 0 Å². The van der Waals surface area contributed by atoms with Gasteiger partial charge in [-0.3, -0.25) is 10.1 Å². The number of hydrogen-bond acceptors (Lipinski definition) is 7. The number of amides is 1. The molecule has 0 saturated heterocycles. The molecule has 0 saturated carbocycles. The SMILES string of the molecule is O=C(Nc1nc2ccc3scnc3c2s1)c1cc2ccccc2cc1OCO. The van der Waals surface area contributed by atoms with E-state index in [1.54, 1.807) is 29.0 Å². The van der Waals surface area contributed by atoms with Crippen molar-refractivity contribution in [2.45, 2.75) is 0 Å². The summed E-state index contributed by atoms with van der Waals surface area (Å²) in [4.78, 5) is 21.8. The van der Waals surface area contributed by atoms with E-state index in [2.05, 4.69) is 15.3 Å². The predicted octanol–water partition coefficient (Wildman–Crippen LogP) is 4.64. The zero-order valence-electron chi connectivity index (χ0n) is 14.4. The molecule has 0 atom stereocenters. The quantitative estimate of drug-likeness (QED) is 0.424. The van der Waals surface area contributed by atoms with Gasteiger partial charge in [0.05, 0.1) is 26.0 Å². The number of hydrogen-bond donors (Lipinski definition) is 2. The Morgan fingerprint density at radius 1 is 1.14 bits per heavy atom. The second-order valence-electron chi connectivity index (χ2n) is 6.06. The van der Waals surface area contributed by atoms with Crippen molar-refractivity contribution in [1.29, 1.82) is 0 Å². The van der Waals surface area contributed by atoms with Crippen LogP contribution in [0.25, 0.3) is 31.2 Å². The van der Waals surface area contributed by atoms with Gasteiger partial charge in [0, 0.05) is 0 Å². The Hall–Kier alpha value is -3.07. The van der Waals surface area contributed by atoms with Crippen molar-refractivity contribution >= 4 is 64.9 Å². The van der Waals surface area contributed by atoms with Gasteiger partial charge in [-0.25, -0.2) is 9.97 Å². The summed E-state index contributed by atoms with van der Waals surface area (Å²) in [7, 11) is 0. The van der Waals surface area contributed by atoms with Gasteiger partial charge in [0.25, 0.3) is 5.91 Å². The molecule has 0 fully saturated rings. The average molecular weight is 407 g/mol. The Morgan fingerprint density at radius 3 is 2.79 bits per heavy atom. The zero-order chi connectivity index (χ0) is 19.1. The van der Waals surface area contributed by atoms with Crippen molar-refractivity contribution in [2.75, 3.05) is 12.1 Å². The molecule has 2 heterocycles. The zero-order valence-corrected chi connectivity index (χ0v) is 16.0. The first-order valence-corrected chi connectivity index (χ1v) is 10.1. The van der Waals surface area contributed by atoms with Crippen LogP contribution in [0.2, 0.25) is 0 Å². The number of aromatic nitrogens is 2. The van der Waals surface area contributed by atoms with Crippen molar-refractivity contribution in [1.82, 2.24) is 9.97 Å². The third kappa shape index (κ3) is 2.88. The molecular weight excluding hydrogens is 394 g/mol. The van der Waals surface area contributed by atoms with Crippen molar-refractivity contribution in [3.05, 3.63) is 59.6 Å². The highest BCUT2D eigenvalue weighted by molar-refractivity contribution is 7.24. The lowest BCUT2D eigenvalue weighted by Crippen LogP contribution is -2.14. The molecule has 0 radical (unpaired) electrons. The fourth-order valence-electron chi connectivity index (χ4n) is 3.12. The second-order valence-corrected chi connectivity index (χ2v) is 7.94. The lowest BCUT2D eigenvalue weighted by molar-refractivity contribution is 0.0933. The van der Waals surface area contributed by atoms with E-state index in [0.29, 0.717) is 16.4 Å². The maximum absolute atomic E-state index is 12.9. The van der Waals surface area contributed by atoms with Crippen molar-refractivity contribution < 1.29 is 14.6 Å². The molecule has 0 aliphatic carbocycles. The van der Waals surface area contributed by atoms with E-state index in [1.807, 2.05) is 36.4 Å². The summed E-state index contributed by atoms with van der Waals surface area (Å²) in [5.74, 6) is -0.0236. The molecule has 0 unspecified atom stereocenters. The summed E-state index contributed by atoms with van der Waals surface area (Å²) < 4.78 is 7.31. The van der Waals surface area contributed by atoms with Crippen LogP contribution in [-0.4, -0.2) is 27.8 Å². The first-order valence-electron chi connectivity index (χ1n) is 8.43. The number of thiazole rings is 2. The van der Waals surface area contributed by atoms with E-state index in [4.69, 9.17) is 4.74 Å². The molecule has 3 aromatic carbocycles. The predicted molar refractivity (Wildman–Crippen MR) is 112 cm³/mol. The van der Waals surface area contributed by atoms with Crippen LogP contribution in [-0.2, 0) is 0 Å². The molecular formula is C20H13N3O3S2. The minimum absolute atomic E-state index is 0.321. The molecule has 1 amide bonds. The summed E-state index contributed by atoms with van der Waals surface area (Å²) in [6.45, 7) is -0.512. The topological polar surface area (TPSA) is 84.3 Å². The number of aliphatic hydroxyl groups is 1. The summed E-state index contributed by atoms with van der Waals surface area (Å²) in [6, 6.07) is 15.1. The summed E-state index contributed by atoms with van der Waals surface area (Å²) in [5, 5.41) is 14.4. The Balaban J connectivity index is 1.54. The molecule has 0 bridgehead atoms. The standard InChI is InChI=1S/C20H13N3O3S2/c24-10-26-15-8-12-4-2-1-3-11(12)7-13(15)19(25)23-20-22-14-5-6-16-17(18(14)28-20)21-9-27-16/h1-9,24H,10H2,(H,22,23,25). The van der Waals surface area contributed by atoms with Crippen LogP contribution in [0.5, 0.6) is 5.75 Å². The van der Waals surface area contributed by atoms with E-state index >= 15 is 0 Å². The monoisotopic (exact) mass is 407 g/mol. The van der Waals surface area contributed by atoms with E-state index in [1.165, 1.54) is 11.3 Å². The highest BCUT2D eigenvalue weighted by Crippen LogP contribution is 2.34. The minimum atomic E-state index is -0.512. The Bertz CT molecular complexity index is 1340. The molecule has 0 spiro atoms. The van der Waals surface area contributed by atoms with Crippen LogP contribution in [0, 0.1) is 0 Å². The first-order chi connectivity index (χ1) is 13.7. The number of rotatable bonds is 4. The van der Waals surface area contributed by atoms with Crippen LogP contribution < -0.4 is 10.1 Å². The maximum atomic E-state index is 12.9. The van der Waals surface area contributed by atoms with Gasteiger partial charge in [-0.15, -0.1) is 11.3 Å². The lowest BCUT2D eigenvalue weighted by Gasteiger charge is -2.11. The highest BCUT2D eigenvalue weighted by atomic mass is 32.1. The Labute approximate surface area is 167 Å². The molecule has 5 aromatic rings. The van der Waals surface area contributed by atoms with E-state index in [9.17, 15) is 9.90 Å². The largest absolute Gasteiger partial charge is 0.467 e. The molecule has 28 heavy (non-hydrogen) atoms. The molecule has 2 N–H and O–H groups in total. The van der Waals surface area contributed by atoms with Gasteiger partial charge in [0.15, 0.2) is 11.9 Å². The summed E-state index contributed by atoms with van der Waals surface area (Å²) in [6.07, 6.45) is 0. The Morgan fingerprint density at radius 2 is 1.96 bits per heavy atom. The highest BCUT2D eigenvalue weighted by Gasteiger charge is 2.17. The minimum Gasteiger partial charge on any atom is -0.467 e. The van der Waals surface area contributed by atoms with Gasteiger partial charge < -0.3 is 9.84 Å². The number of benzene rings is 3. The normalized spacial score (nSPS) is 11.3. The van der Waals surface area contributed by atoms with Crippen LogP contribution in [0.15, 0.2) is 54.0 Å². The van der Waals surface area contributed by atoms with E-state index < -0.39 is 6.79 Å². The van der Waals surface area contributed by atoms with Gasteiger partial charge in [0.1, 0.15) is 11.3 Å². The van der Waals surface area contributed by atoms with Crippen molar-refractivity contribution in [3.8, 4) is 5.75 Å². The first kappa shape index (κ1) is 17.1. The number of ether oxygens (including phenoxy) is 1. The van der Waals surface area contributed by atoms with Gasteiger partial charge in [0.2, 0.25) is 0 Å². The number of nitrogens with one attached hydrogen (secondary N) is 1. The van der Waals surface area contributed by atoms with Crippen LogP contribution >= 0.6 is 22.7 Å². The van der Waals surface area contributed by atoms with Gasteiger partial charge in [-0.05, 0) is 35.0 Å². The molecule has 0 aliphatic rings. The van der Waals surface area contributed by atoms with Crippen molar-refractivity contribution in [3.63, 3.8) is 0 Å².